The fourth-order valence-corrected chi connectivity index (χ4v) is 2.19. The second-order valence-electron chi connectivity index (χ2n) is 4.15. The topological polar surface area (TPSA) is 67.1 Å². The third-order valence-corrected chi connectivity index (χ3v) is 3.06. The number of rotatable bonds is 1. The summed E-state index contributed by atoms with van der Waals surface area (Å²) >= 11 is 0. The van der Waals surface area contributed by atoms with E-state index in [0.717, 1.165) is 30.7 Å². The smallest absolute Gasteiger partial charge is 0.318 e. The van der Waals surface area contributed by atoms with E-state index >= 15 is 0 Å². The molecule has 6 nitrogen and oxygen atoms in total. The van der Waals surface area contributed by atoms with Crippen LogP contribution in [0.3, 0.4) is 0 Å². The second kappa shape index (κ2) is 3.73. The number of hydrogen-bond donors (Lipinski definition) is 0. The van der Waals surface area contributed by atoms with Gasteiger partial charge in [0.05, 0.1) is 10.0 Å². The molecule has 2 aromatic rings. The molecule has 0 saturated carbocycles. The van der Waals surface area contributed by atoms with E-state index in [2.05, 4.69) is 5.10 Å². The summed E-state index contributed by atoms with van der Waals surface area (Å²) in [4.78, 5) is 13.6. The number of aromatic nitrogens is 3. The van der Waals surface area contributed by atoms with E-state index in [1.54, 1.807) is 24.3 Å². The summed E-state index contributed by atoms with van der Waals surface area (Å²) in [7, 11) is 0. The minimum atomic E-state index is 0.205. The molecule has 0 N–H and O–H groups in total. The van der Waals surface area contributed by atoms with Crippen molar-refractivity contribution in [3.8, 4) is 0 Å². The number of benzene rings is 1. The summed E-state index contributed by atoms with van der Waals surface area (Å²) in [5.41, 5.74) is 0.657. The molecule has 0 unspecified atom stereocenters. The lowest BCUT2D eigenvalue weighted by atomic mass is 10.3. The maximum atomic E-state index is 12.1. The monoisotopic (exact) mass is 232 g/mol. The van der Waals surface area contributed by atoms with Gasteiger partial charge in [0.1, 0.15) is 5.52 Å². The van der Waals surface area contributed by atoms with Gasteiger partial charge in [-0.2, -0.15) is 0 Å². The number of para-hydroxylation sites is 2. The highest BCUT2D eigenvalue weighted by Crippen LogP contribution is 2.19. The first kappa shape index (κ1) is 10.1. The average molecular weight is 232 g/mol. The molecule has 2 heterocycles. The SMILES string of the molecule is O=[n+]1nc(N2CCCC2)n([O-])c2ccccc21. The molecule has 1 aliphatic rings. The van der Waals surface area contributed by atoms with Crippen molar-refractivity contribution in [1.29, 1.82) is 0 Å². The zero-order valence-corrected chi connectivity index (χ0v) is 9.24. The first-order valence-electron chi connectivity index (χ1n) is 5.64. The van der Waals surface area contributed by atoms with E-state index in [1.807, 2.05) is 4.90 Å². The van der Waals surface area contributed by atoms with Gasteiger partial charge in [0, 0.05) is 19.2 Å². The molecular weight excluding hydrogens is 220 g/mol. The Morgan fingerprint density at radius 2 is 1.94 bits per heavy atom. The first-order chi connectivity index (χ1) is 8.27. The Hall–Kier alpha value is -2.11. The maximum Gasteiger partial charge on any atom is 0.318 e. The van der Waals surface area contributed by atoms with Crippen LogP contribution >= 0.6 is 0 Å². The summed E-state index contributed by atoms with van der Waals surface area (Å²) in [6.45, 7) is 1.57. The third-order valence-electron chi connectivity index (χ3n) is 3.06. The fourth-order valence-electron chi connectivity index (χ4n) is 2.19. The highest BCUT2D eigenvalue weighted by molar-refractivity contribution is 5.72. The third kappa shape index (κ3) is 1.52. The van der Waals surface area contributed by atoms with E-state index in [4.69, 9.17) is 0 Å². The van der Waals surface area contributed by atoms with Crippen LogP contribution in [0.1, 0.15) is 12.8 Å². The lowest BCUT2D eigenvalue weighted by Crippen LogP contribution is -2.31. The number of hydrogen-bond acceptors (Lipinski definition) is 4. The lowest BCUT2D eigenvalue weighted by Gasteiger charge is -2.22. The zero-order chi connectivity index (χ0) is 11.8. The van der Waals surface area contributed by atoms with Crippen LogP contribution in [0.4, 0.5) is 5.95 Å². The van der Waals surface area contributed by atoms with Crippen LogP contribution in [0.2, 0.25) is 0 Å². The minimum absolute atomic E-state index is 0.205. The summed E-state index contributed by atoms with van der Waals surface area (Å²) in [6.07, 6.45) is 2.07. The molecule has 0 spiro atoms. The molecule has 0 bridgehead atoms. The zero-order valence-electron chi connectivity index (χ0n) is 9.24. The lowest BCUT2D eigenvalue weighted by molar-refractivity contribution is -0.535. The molecule has 0 radical (unpaired) electrons. The van der Waals surface area contributed by atoms with Gasteiger partial charge >= 0.3 is 5.52 Å². The van der Waals surface area contributed by atoms with E-state index in [9.17, 15) is 10.1 Å². The molecule has 88 valence electrons. The molecule has 3 rings (SSSR count). The Labute approximate surface area is 97.3 Å². The molecule has 1 aliphatic heterocycles. The van der Waals surface area contributed by atoms with Crippen molar-refractivity contribution in [2.75, 3.05) is 18.0 Å². The normalized spacial score (nSPS) is 15.6. The Morgan fingerprint density at radius 3 is 2.71 bits per heavy atom. The molecular formula is C11H12N4O2. The van der Waals surface area contributed by atoms with E-state index in [-0.39, 0.29) is 5.95 Å². The minimum Gasteiger partial charge on any atom is -0.803 e. The van der Waals surface area contributed by atoms with Crippen molar-refractivity contribution in [3.05, 3.63) is 34.4 Å². The van der Waals surface area contributed by atoms with Gasteiger partial charge in [-0.25, -0.2) is 0 Å². The molecule has 0 aliphatic carbocycles. The predicted molar refractivity (Wildman–Crippen MR) is 63.3 cm³/mol. The van der Waals surface area contributed by atoms with Crippen molar-refractivity contribution < 1.29 is 4.54 Å². The van der Waals surface area contributed by atoms with Crippen LogP contribution in [0.5, 0.6) is 0 Å². The van der Waals surface area contributed by atoms with Gasteiger partial charge in [0.2, 0.25) is 0 Å². The van der Waals surface area contributed by atoms with Crippen molar-refractivity contribution in [3.63, 3.8) is 0 Å². The maximum absolute atomic E-state index is 12.1. The van der Waals surface area contributed by atoms with Crippen LogP contribution in [-0.4, -0.2) is 22.9 Å². The van der Waals surface area contributed by atoms with Crippen LogP contribution in [0.15, 0.2) is 24.3 Å². The van der Waals surface area contributed by atoms with Crippen LogP contribution in [0.25, 0.3) is 11.0 Å². The summed E-state index contributed by atoms with van der Waals surface area (Å²) in [5, 5.41) is 15.9. The number of fused-ring (bicyclic) bond motifs is 1. The Bertz CT molecular complexity index is 616. The molecule has 1 fully saturated rings. The Balaban J connectivity index is 2.26. The standard InChI is InChI=1S/C11H12N4O2/c16-14-9-5-1-2-6-10(9)15(17)12-11(14)13-7-3-4-8-13/h1-2,5-6H,3-4,7-8H2. The molecule has 6 heteroatoms. The van der Waals surface area contributed by atoms with E-state index in [1.165, 1.54) is 0 Å². The van der Waals surface area contributed by atoms with Crippen molar-refractivity contribution in [1.82, 2.24) is 9.83 Å². The molecule has 1 aromatic heterocycles. The molecule has 0 amide bonds. The molecule has 1 aromatic carbocycles. The predicted octanol–water partition coefficient (Wildman–Crippen LogP) is 0.897. The van der Waals surface area contributed by atoms with Crippen molar-refractivity contribution >= 4 is 17.0 Å². The van der Waals surface area contributed by atoms with Crippen molar-refractivity contribution in [2.24, 2.45) is 0 Å². The number of anilines is 1. The average Bonchev–Trinajstić information content (AvgIpc) is 2.87. The summed E-state index contributed by atoms with van der Waals surface area (Å²) in [5.74, 6) is 0.205. The highest BCUT2D eigenvalue weighted by Gasteiger charge is 2.21. The Kier molecular flexibility index (Phi) is 2.21. The second-order valence-corrected chi connectivity index (χ2v) is 4.15. The van der Waals surface area contributed by atoms with E-state index in [0.29, 0.717) is 15.6 Å². The highest BCUT2D eigenvalue weighted by atomic mass is 16.5. The van der Waals surface area contributed by atoms with Gasteiger partial charge in [-0.05, 0) is 18.9 Å². The Morgan fingerprint density at radius 1 is 1.24 bits per heavy atom. The van der Waals surface area contributed by atoms with Gasteiger partial charge < -0.3 is 14.8 Å². The molecule has 1 saturated heterocycles. The largest absolute Gasteiger partial charge is 0.803 e. The summed E-state index contributed by atoms with van der Waals surface area (Å²) in [6, 6.07) is 6.69. The van der Waals surface area contributed by atoms with E-state index < -0.39 is 0 Å². The first-order valence-corrected chi connectivity index (χ1v) is 5.64. The van der Waals surface area contributed by atoms with Crippen LogP contribution in [-0.2, 0) is 0 Å². The van der Waals surface area contributed by atoms with Gasteiger partial charge in [0.15, 0.2) is 4.54 Å². The van der Waals surface area contributed by atoms with Crippen LogP contribution in [0, 0.1) is 10.1 Å². The van der Waals surface area contributed by atoms with Gasteiger partial charge in [-0.3, -0.25) is 0 Å². The molecule has 0 atom stereocenters. The fraction of sp³-hybridized carbons (Fsp3) is 0.364. The quantitative estimate of drug-likeness (QED) is 0.685. The van der Waals surface area contributed by atoms with Gasteiger partial charge in [0.25, 0.3) is 5.95 Å². The molecule has 17 heavy (non-hydrogen) atoms. The van der Waals surface area contributed by atoms with Gasteiger partial charge in [-0.15, -0.1) is 0 Å². The van der Waals surface area contributed by atoms with Crippen LogP contribution < -0.4 is 9.44 Å². The summed E-state index contributed by atoms with van der Waals surface area (Å²) < 4.78 is 1.27. The van der Waals surface area contributed by atoms with Gasteiger partial charge in [-0.1, -0.05) is 12.1 Å². The van der Waals surface area contributed by atoms with Crippen molar-refractivity contribution in [2.45, 2.75) is 12.8 Å². The number of nitrogens with zero attached hydrogens (tertiary/aromatic N) is 4.